The van der Waals surface area contributed by atoms with Crippen molar-refractivity contribution in [2.24, 2.45) is 0 Å². The number of benzene rings is 1. The van der Waals surface area contributed by atoms with Crippen LogP contribution < -0.4 is 0 Å². The van der Waals surface area contributed by atoms with E-state index in [0.717, 1.165) is 11.1 Å². The van der Waals surface area contributed by atoms with Crippen LogP contribution in [0.2, 0.25) is 0 Å². The first-order chi connectivity index (χ1) is 6.22. The summed E-state index contributed by atoms with van der Waals surface area (Å²) in [5.41, 5.74) is 1.83. The quantitative estimate of drug-likeness (QED) is 0.705. The van der Waals surface area contributed by atoms with Crippen molar-refractivity contribution in [3.8, 4) is 0 Å². The van der Waals surface area contributed by atoms with E-state index >= 15 is 0 Å². The molecule has 0 radical (unpaired) electrons. The molecule has 0 spiro atoms. The molecule has 0 aliphatic rings. The highest BCUT2D eigenvalue weighted by atomic mass is 19.1. The summed E-state index contributed by atoms with van der Waals surface area (Å²) in [4.78, 5) is 0. The van der Waals surface area contributed by atoms with Crippen LogP contribution in [0.5, 0.6) is 0 Å². The van der Waals surface area contributed by atoms with Crippen molar-refractivity contribution in [3.05, 3.63) is 47.8 Å². The highest BCUT2D eigenvalue weighted by Crippen LogP contribution is 2.10. The minimum Gasteiger partial charge on any atom is -0.396 e. The molecule has 1 aromatic carbocycles. The Balaban J connectivity index is 2.58. The Bertz CT molecular complexity index is 294. The first-order valence-electron chi connectivity index (χ1n) is 4.24. The molecule has 0 atom stereocenters. The maximum absolute atomic E-state index is 12.7. The number of aliphatic hydroxyl groups excluding tert-OH is 1. The zero-order valence-corrected chi connectivity index (χ0v) is 7.46. The van der Waals surface area contributed by atoms with Crippen LogP contribution in [-0.2, 0) is 6.42 Å². The van der Waals surface area contributed by atoms with Crippen LogP contribution in [0, 0.1) is 5.82 Å². The van der Waals surface area contributed by atoms with Crippen LogP contribution in [0.25, 0.3) is 0 Å². The zero-order valence-electron chi connectivity index (χ0n) is 7.46. The van der Waals surface area contributed by atoms with Crippen LogP contribution in [0.4, 0.5) is 4.39 Å². The average Bonchev–Trinajstić information content (AvgIpc) is 2.04. The molecule has 1 N–H and O–H groups in total. The second-order valence-corrected chi connectivity index (χ2v) is 3.03. The molecule has 70 valence electrons. The SMILES string of the molecule is C=C(CCO)Cc1cccc(F)c1. The molecule has 0 saturated carbocycles. The second kappa shape index (κ2) is 4.77. The van der Waals surface area contributed by atoms with Gasteiger partial charge in [0.25, 0.3) is 0 Å². The Morgan fingerprint density at radius 3 is 2.85 bits per heavy atom. The second-order valence-electron chi connectivity index (χ2n) is 3.03. The summed E-state index contributed by atoms with van der Waals surface area (Å²) >= 11 is 0. The van der Waals surface area contributed by atoms with Crippen molar-refractivity contribution in [1.82, 2.24) is 0 Å². The smallest absolute Gasteiger partial charge is 0.123 e. The van der Waals surface area contributed by atoms with Crippen molar-refractivity contribution in [1.29, 1.82) is 0 Å². The highest BCUT2D eigenvalue weighted by molar-refractivity contribution is 5.21. The van der Waals surface area contributed by atoms with Gasteiger partial charge in [0.1, 0.15) is 5.82 Å². The Hall–Kier alpha value is -1.15. The van der Waals surface area contributed by atoms with Gasteiger partial charge in [-0.25, -0.2) is 4.39 Å². The van der Waals surface area contributed by atoms with Crippen LogP contribution >= 0.6 is 0 Å². The summed E-state index contributed by atoms with van der Waals surface area (Å²) < 4.78 is 12.7. The van der Waals surface area contributed by atoms with Gasteiger partial charge in [-0.05, 0) is 30.5 Å². The van der Waals surface area contributed by atoms with Gasteiger partial charge < -0.3 is 5.11 Å². The summed E-state index contributed by atoms with van der Waals surface area (Å²) in [6.45, 7) is 3.89. The lowest BCUT2D eigenvalue weighted by molar-refractivity contribution is 0.298. The Morgan fingerprint density at radius 1 is 1.46 bits per heavy atom. The molecule has 0 amide bonds. The normalized spacial score (nSPS) is 10.0. The van der Waals surface area contributed by atoms with E-state index < -0.39 is 0 Å². The predicted octanol–water partition coefficient (Wildman–Crippen LogP) is 2.31. The minimum atomic E-state index is -0.228. The summed E-state index contributed by atoms with van der Waals surface area (Å²) in [5.74, 6) is -0.228. The third-order valence-electron chi connectivity index (χ3n) is 1.81. The molecule has 0 heterocycles. The molecule has 0 bridgehead atoms. The fourth-order valence-corrected chi connectivity index (χ4v) is 1.18. The molecule has 0 unspecified atom stereocenters. The molecule has 0 aliphatic heterocycles. The van der Waals surface area contributed by atoms with Crippen LogP contribution in [0.3, 0.4) is 0 Å². The van der Waals surface area contributed by atoms with E-state index in [4.69, 9.17) is 5.11 Å². The van der Waals surface area contributed by atoms with E-state index in [1.54, 1.807) is 6.07 Å². The van der Waals surface area contributed by atoms with Gasteiger partial charge in [-0.3, -0.25) is 0 Å². The van der Waals surface area contributed by atoms with Crippen LogP contribution in [0.15, 0.2) is 36.4 Å². The van der Waals surface area contributed by atoms with E-state index in [2.05, 4.69) is 6.58 Å². The van der Waals surface area contributed by atoms with Crippen molar-refractivity contribution in [2.45, 2.75) is 12.8 Å². The lowest BCUT2D eigenvalue weighted by Gasteiger charge is -2.03. The molecule has 1 aromatic rings. The van der Waals surface area contributed by atoms with Gasteiger partial charge in [0.05, 0.1) is 0 Å². The van der Waals surface area contributed by atoms with Gasteiger partial charge >= 0.3 is 0 Å². The van der Waals surface area contributed by atoms with Crippen LogP contribution in [0.1, 0.15) is 12.0 Å². The number of hydrogen-bond acceptors (Lipinski definition) is 1. The van der Waals surface area contributed by atoms with Crippen LogP contribution in [-0.4, -0.2) is 11.7 Å². The fraction of sp³-hybridized carbons (Fsp3) is 0.273. The molecule has 0 aromatic heterocycles. The van der Waals surface area contributed by atoms with E-state index in [1.165, 1.54) is 12.1 Å². The molecule has 13 heavy (non-hydrogen) atoms. The highest BCUT2D eigenvalue weighted by Gasteiger charge is 1.98. The van der Waals surface area contributed by atoms with E-state index in [-0.39, 0.29) is 12.4 Å². The fourth-order valence-electron chi connectivity index (χ4n) is 1.18. The number of halogens is 1. The van der Waals surface area contributed by atoms with Gasteiger partial charge in [0.2, 0.25) is 0 Å². The zero-order chi connectivity index (χ0) is 9.68. The third kappa shape index (κ3) is 3.38. The molecule has 0 fully saturated rings. The Kier molecular flexibility index (Phi) is 3.65. The molecule has 0 aliphatic carbocycles. The maximum atomic E-state index is 12.7. The molecule has 0 saturated heterocycles. The molecule has 1 nitrogen and oxygen atoms in total. The standard InChI is InChI=1S/C11H13FO/c1-9(5-6-13)7-10-3-2-4-11(12)8-10/h2-4,8,13H,1,5-7H2. The van der Waals surface area contributed by atoms with Gasteiger partial charge in [-0.1, -0.05) is 24.3 Å². The number of hydrogen-bond donors (Lipinski definition) is 1. The topological polar surface area (TPSA) is 20.2 Å². The third-order valence-corrected chi connectivity index (χ3v) is 1.81. The van der Waals surface area contributed by atoms with Gasteiger partial charge in [0, 0.05) is 6.61 Å². The van der Waals surface area contributed by atoms with Crippen molar-refractivity contribution < 1.29 is 9.50 Å². The lowest BCUT2D eigenvalue weighted by atomic mass is 10.0. The minimum absolute atomic E-state index is 0.105. The molecular formula is C11H13FO. The maximum Gasteiger partial charge on any atom is 0.123 e. The van der Waals surface area contributed by atoms with Crippen molar-refractivity contribution in [2.75, 3.05) is 6.61 Å². The summed E-state index contributed by atoms with van der Waals surface area (Å²) in [7, 11) is 0. The Morgan fingerprint density at radius 2 is 2.23 bits per heavy atom. The Labute approximate surface area is 77.5 Å². The summed E-state index contributed by atoms with van der Waals surface area (Å²) in [5, 5.41) is 8.63. The average molecular weight is 180 g/mol. The molecule has 1 rings (SSSR count). The molecular weight excluding hydrogens is 167 g/mol. The van der Waals surface area contributed by atoms with Gasteiger partial charge in [-0.15, -0.1) is 0 Å². The number of rotatable bonds is 4. The number of aliphatic hydroxyl groups is 1. The first kappa shape index (κ1) is 9.93. The molecule has 2 heteroatoms. The van der Waals surface area contributed by atoms with E-state index in [9.17, 15) is 4.39 Å². The lowest BCUT2D eigenvalue weighted by Crippen LogP contribution is -1.93. The summed E-state index contributed by atoms with van der Waals surface area (Å²) in [6.07, 6.45) is 1.22. The summed E-state index contributed by atoms with van der Waals surface area (Å²) in [6, 6.07) is 6.43. The van der Waals surface area contributed by atoms with Gasteiger partial charge in [0.15, 0.2) is 0 Å². The van der Waals surface area contributed by atoms with Crippen molar-refractivity contribution in [3.63, 3.8) is 0 Å². The van der Waals surface area contributed by atoms with Gasteiger partial charge in [-0.2, -0.15) is 0 Å². The van der Waals surface area contributed by atoms with E-state index in [1.807, 2.05) is 6.07 Å². The largest absolute Gasteiger partial charge is 0.396 e. The monoisotopic (exact) mass is 180 g/mol. The van der Waals surface area contributed by atoms with E-state index in [0.29, 0.717) is 12.8 Å². The predicted molar refractivity (Wildman–Crippen MR) is 50.9 cm³/mol. The van der Waals surface area contributed by atoms with Crippen molar-refractivity contribution >= 4 is 0 Å². The first-order valence-corrected chi connectivity index (χ1v) is 4.24.